The molecule has 1 aliphatic heterocycles. The van der Waals surface area contributed by atoms with Gasteiger partial charge in [0.05, 0.1) is 18.3 Å². The van der Waals surface area contributed by atoms with Crippen molar-refractivity contribution in [1.29, 1.82) is 0 Å². The minimum atomic E-state index is -0.242. The monoisotopic (exact) mass is 262 g/mol. The van der Waals surface area contributed by atoms with Crippen molar-refractivity contribution in [3.8, 4) is 0 Å². The summed E-state index contributed by atoms with van der Waals surface area (Å²) in [5.74, 6) is -0.339. The normalized spacial score (nSPS) is 17.2. The van der Waals surface area contributed by atoms with E-state index in [-0.39, 0.29) is 24.5 Å². The molecule has 0 saturated heterocycles. The van der Waals surface area contributed by atoms with Crippen LogP contribution >= 0.6 is 0 Å². The largest absolute Gasteiger partial charge is 0.466 e. The summed E-state index contributed by atoms with van der Waals surface area (Å²) in [5, 5.41) is 6.08. The van der Waals surface area contributed by atoms with Gasteiger partial charge in [-0.2, -0.15) is 0 Å². The molecular formula is C14H18N2O3. The standard InChI is InChI=1S/C14H18N2O3/c1-3-19-12(17)8-7-11-15-10-6-4-5-9(2)13(10)14(18)16-11/h4-6,11,15H,3,7-8H2,1-2H3,(H,16,18). The molecule has 1 atom stereocenters. The lowest BCUT2D eigenvalue weighted by Crippen LogP contribution is -2.45. The summed E-state index contributed by atoms with van der Waals surface area (Å²) in [7, 11) is 0. The molecule has 1 amide bonds. The van der Waals surface area contributed by atoms with E-state index < -0.39 is 0 Å². The first-order chi connectivity index (χ1) is 9.11. The van der Waals surface area contributed by atoms with Crippen molar-refractivity contribution in [1.82, 2.24) is 5.32 Å². The molecule has 102 valence electrons. The van der Waals surface area contributed by atoms with E-state index in [1.165, 1.54) is 0 Å². The lowest BCUT2D eigenvalue weighted by Gasteiger charge is -2.28. The van der Waals surface area contributed by atoms with Crippen LogP contribution in [0.25, 0.3) is 0 Å². The Morgan fingerprint density at radius 2 is 2.16 bits per heavy atom. The second kappa shape index (κ2) is 5.73. The molecule has 1 heterocycles. The topological polar surface area (TPSA) is 67.4 Å². The van der Waals surface area contributed by atoms with Crippen LogP contribution in [0.1, 0.15) is 35.7 Å². The van der Waals surface area contributed by atoms with Gasteiger partial charge in [0.1, 0.15) is 0 Å². The summed E-state index contributed by atoms with van der Waals surface area (Å²) < 4.78 is 4.87. The minimum absolute atomic E-state index is 0.0966. The van der Waals surface area contributed by atoms with Gasteiger partial charge in [-0.05, 0) is 31.9 Å². The third-order valence-corrected chi connectivity index (χ3v) is 3.08. The first kappa shape index (κ1) is 13.4. The number of carbonyl (C=O) groups excluding carboxylic acids is 2. The highest BCUT2D eigenvalue weighted by Gasteiger charge is 2.25. The molecule has 0 saturated carbocycles. The zero-order valence-electron chi connectivity index (χ0n) is 11.2. The third-order valence-electron chi connectivity index (χ3n) is 3.08. The number of hydrogen-bond donors (Lipinski definition) is 2. The van der Waals surface area contributed by atoms with Crippen LogP contribution in [0, 0.1) is 6.92 Å². The third kappa shape index (κ3) is 3.05. The Morgan fingerprint density at radius 3 is 2.89 bits per heavy atom. The van der Waals surface area contributed by atoms with Crippen LogP contribution in [0.4, 0.5) is 5.69 Å². The molecule has 2 N–H and O–H groups in total. The molecular weight excluding hydrogens is 244 g/mol. The van der Waals surface area contributed by atoms with Crippen LogP contribution in [0.5, 0.6) is 0 Å². The Morgan fingerprint density at radius 1 is 1.37 bits per heavy atom. The van der Waals surface area contributed by atoms with Crippen molar-refractivity contribution in [3.05, 3.63) is 29.3 Å². The number of hydrogen-bond acceptors (Lipinski definition) is 4. The number of aryl methyl sites for hydroxylation is 1. The lowest BCUT2D eigenvalue weighted by molar-refractivity contribution is -0.143. The number of ether oxygens (including phenoxy) is 1. The number of rotatable bonds is 4. The van der Waals surface area contributed by atoms with Gasteiger partial charge in [-0.15, -0.1) is 0 Å². The van der Waals surface area contributed by atoms with Crippen molar-refractivity contribution >= 4 is 17.6 Å². The number of carbonyl (C=O) groups is 2. The molecule has 5 nitrogen and oxygen atoms in total. The van der Waals surface area contributed by atoms with Gasteiger partial charge in [0.2, 0.25) is 0 Å². The van der Waals surface area contributed by atoms with Gasteiger partial charge in [-0.3, -0.25) is 9.59 Å². The van der Waals surface area contributed by atoms with Crippen LogP contribution < -0.4 is 10.6 Å². The summed E-state index contributed by atoms with van der Waals surface area (Å²) in [6.07, 6.45) is 0.566. The molecule has 1 aromatic carbocycles. The van der Waals surface area contributed by atoms with Gasteiger partial charge in [0.15, 0.2) is 0 Å². The highest BCUT2D eigenvalue weighted by atomic mass is 16.5. The molecule has 0 fully saturated rings. The van der Waals surface area contributed by atoms with Crippen LogP contribution in [0.2, 0.25) is 0 Å². The molecule has 0 aliphatic carbocycles. The van der Waals surface area contributed by atoms with Crippen molar-refractivity contribution < 1.29 is 14.3 Å². The maximum Gasteiger partial charge on any atom is 0.305 e. The van der Waals surface area contributed by atoms with Gasteiger partial charge in [-0.1, -0.05) is 12.1 Å². The number of esters is 1. The van der Waals surface area contributed by atoms with Crippen LogP contribution in [0.15, 0.2) is 18.2 Å². The molecule has 2 rings (SSSR count). The molecule has 0 aromatic heterocycles. The van der Waals surface area contributed by atoms with Gasteiger partial charge in [0.25, 0.3) is 5.91 Å². The van der Waals surface area contributed by atoms with Gasteiger partial charge < -0.3 is 15.4 Å². The van der Waals surface area contributed by atoms with Crippen LogP contribution in [-0.4, -0.2) is 24.6 Å². The van der Waals surface area contributed by atoms with E-state index in [4.69, 9.17) is 4.74 Å². The number of benzene rings is 1. The van der Waals surface area contributed by atoms with Gasteiger partial charge in [-0.25, -0.2) is 0 Å². The molecule has 0 radical (unpaired) electrons. The summed E-state index contributed by atoms with van der Waals surface area (Å²) in [4.78, 5) is 23.3. The maximum atomic E-state index is 12.0. The fourth-order valence-electron chi connectivity index (χ4n) is 2.18. The summed E-state index contributed by atoms with van der Waals surface area (Å²) in [6, 6.07) is 5.68. The number of fused-ring (bicyclic) bond motifs is 1. The second-order valence-corrected chi connectivity index (χ2v) is 4.51. The number of amides is 1. The maximum absolute atomic E-state index is 12.0. The molecule has 19 heavy (non-hydrogen) atoms. The predicted octanol–water partition coefficient (Wildman–Crippen LogP) is 1.82. The highest BCUT2D eigenvalue weighted by Crippen LogP contribution is 2.24. The van der Waals surface area contributed by atoms with Crippen LogP contribution in [-0.2, 0) is 9.53 Å². The van der Waals surface area contributed by atoms with E-state index in [1.54, 1.807) is 6.92 Å². The van der Waals surface area contributed by atoms with Gasteiger partial charge >= 0.3 is 5.97 Å². The summed E-state index contributed by atoms with van der Waals surface area (Å²) in [6.45, 7) is 4.06. The fourth-order valence-corrected chi connectivity index (χ4v) is 2.18. The fraction of sp³-hybridized carbons (Fsp3) is 0.429. The summed E-state index contributed by atoms with van der Waals surface area (Å²) >= 11 is 0. The smallest absolute Gasteiger partial charge is 0.305 e. The van der Waals surface area contributed by atoms with E-state index in [2.05, 4.69) is 10.6 Å². The summed E-state index contributed by atoms with van der Waals surface area (Å²) in [5.41, 5.74) is 2.43. The molecule has 5 heteroatoms. The van der Waals surface area contributed by atoms with E-state index >= 15 is 0 Å². The number of anilines is 1. The van der Waals surface area contributed by atoms with E-state index in [0.717, 1.165) is 11.3 Å². The van der Waals surface area contributed by atoms with Crippen molar-refractivity contribution in [2.24, 2.45) is 0 Å². The van der Waals surface area contributed by atoms with E-state index in [9.17, 15) is 9.59 Å². The lowest BCUT2D eigenvalue weighted by atomic mass is 10.0. The quantitative estimate of drug-likeness (QED) is 0.812. The Labute approximate surface area is 112 Å². The first-order valence-electron chi connectivity index (χ1n) is 6.44. The highest BCUT2D eigenvalue weighted by molar-refractivity contribution is 6.02. The van der Waals surface area contributed by atoms with Crippen molar-refractivity contribution in [2.45, 2.75) is 32.9 Å². The van der Waals surface area contributed by atoms with E-state index in [1.807, 2.05) is 25.1 Å². The zero-order valence-corrected chi connectivity index (χ0v) is 11.2. The SMILES string of the molecule is CCOC(=O)CCC1NC(=O)c2c(C)cccc2N1. The van der Waals surface area contributed by atoms with Gasteiger partial charge in [0, 0.05) is 12.1 Å². The minimum Gasteiger partial charge on any atom is -0.466 e. The van der Waals surface area contributed by atoms with Crippen LogP contribution in [0.3, 0.4) is 0 Å². The van der Waals surface area contributed by atoms with E-state index in [0.29, 0.717) is 18.6 Å². The first-order valence-corrected chi connectivity index (χ1v) is 6.44. The van der Waals surface area contributed by atoms with Crippen molar-refractivity contribution in [3.63, 3.8) is 0 Å². The number of nitrogens with one attached hydrogen (secondary N) is 2. The Balaban J connectivity index is 2.01. The zero-order chi connectivity index (χ0) is 13.8. The molecule has 1 unspecified atom stereocenters. The molecule has 0 spiro atoms. The average Bonchev–Trinajstić information content (AvgIpc) is 2.36. The van der Waals surface area contributed by atoms with Crippen molar-refractivity contribution in [2.75, 3.05) is 11.9 Å². The molecule has 0 bridgehead atoms. The molecule has 1 aromatic rings. The Hall–Kier alpha value is -2.04. The average molecular weight is 262 g/mol. The Kier molecular flexibility index (Phi) is 4.04. The predicted molar refractivity (Wildman–Crippen MR) is 71.9 cm³/mol. The second-order valence-electron chi connectivity index (χ2n) is 4.51. The molecule has 1 aliphatic rings. The Bertz CT molecular complexity index is 499.